The molecule has 2 unspecified atom stereocenters. The summed E-state index contributed by atoms with van der Waals surface area (Å²) in [6.07, 6.45) is 0.852. The number of hydrogen-bond donors (Lipinski definition) is 1. The minimum atomic E-state index is -0.473. The van der Waals surface area contributed by atoms with E-state index in [4.69, 9.17) is 4.74 Å². The smallest absolute Gasteiger partial charge is 0.410 e. The highest BCUT2D eigenvalue weighted by molar-refractivity contribution is 8.93. The molecule has 1 fully saturated rings. The van der Waals surface area contributed by atoms with Crippen molar-refractivity contribution in [3.05, 3.63) is 0 Å². The fraction of sp³-hybridized carbons (Fsp3) is 0.909. The second-order valence-electron chi connectivity index (χ2n) is 5.12. The summed E-state index contributed by atoms with van der Waals surface area (Å²) in [6, 6.07) is -0.145. The molecule has 1 saturated heterocycles. The standard InChI is InChI=1S/C11H21NO3.BrH/c1-8-9(13)6-5-7-12(8)10(14)15-11(2,3)4;/h8-9,13H,5-7H2,1-4H3;1H. The van der Waals surface area contributed by atoms with E-state index in [0.29, 0.717) is 6.54 Å². The molecule has 4 nitrogen and oxygen atoms in total. The van der Waals surface area contributed by atoms with E-state index >= 15 is 0 Å². The van der Waals surface area contributed by atoms with E-state index in [1.807, 2.05) is 27.7 Å². The maximum Gasteiger partial charge on any atom is 0.410 e. The molecular formula is C11H22BrNO3. The van der Waals surface area contributed by atoms with Crippen LogP contribution in [0.4, 0.5) is 4.79 Å². The minimum absolute atomic E-state index is 0. The highest BCUT2D eigenvalue weighted by Gasteiger charge is 2.32. The van der Waals surface area contributed by atoms with Gasteiger partial charge in [0.1, 0.15) is 5.60 Å². The quantitative estimate of drug-likeness (QED) is 0.746. The molecule has 0 aromatic heterocycles. The third-order valence-electron chi connectivity index (χ3n) is 2.58. The molecule has 96 valence electrons. The van der Waals surface area contributed by atoms with E-state index in [2.05, 4.69) is 0 Å². The van der Waals surface area contributed by atoms with Crippen molar-refractivity contribution in [2.24, 2.45) is 0 Å². The van der Waals surface area contributed by atoms with Gasteiger partial charge in [-0.1, -0.05) is 0 Å². The van der Waals surface area contributed by atoms with Crippen molar-refractivity contribution in [2.45, 2.75) is 58.3 Å². The number of amides is 1. The molecule has 0 radical (unpaired) electrons. The fourth-order valence-corrected chi connectivity index (χ4v) is 1.70. The Kier molecular flexibility index (Phi) is 5.76. The van der Waals surface area contributed by atoms with Crippen molar-refractivity contribution in [3.8, 4) is 0 Å². The van der Waals surface area contributed by atoms with Crippen LogP contribution < -0.4 is 0 Å². The van der Waals surface area contributed by atoms with Gasteiger partial charge >= 0.3 is 6.09 Å². The number of carbonyl (C=O) groups excluding carboxylic acids is 1. The number of nitrogens with zero attached hydrogens (tertiary/aromatic N) is 1. The molecule has 0 spiro atoms. The van der Waals surface area contributed by atoms with Crippen molar-refractivity contribution in [1.29, 1.82) is 0 Å². The van der Waals surface area contributed by atoms with Crippen molar-refractivity contribution >= 4 is 23.1 Å². The average molecular weight is 296 g/mol. The van der Waals surface area contributed by atoms with Crippen LogP contribution >= 0.6 is 17.0 Å². The molecule has 2 atom stereocenters. The van der Waals surface area contributed by atoms with Crippen molar-refractivity contribution in [1.82, 2.24) is 4.90 Å². The van der Waals surface area contributed by atoms with Crippen molar-refractivity contribution in [2.75, 3.05) is 6.54 Å². The molecule has 0 aromatic carbocycles. The Balaban J connectivity index is 0.00000225. The van der Waals surface area contributed by atoms with Gasteiger partial charge in [0.15, 0.2) is 0 Å². The number of halogens is 1. The lowest BCUT2D eigenvalue weighted by Crippen LogP contribution is -2.50. The van der Waals surface area contributed by atoms with Crippen LogP contribution in [0.15, 0.2) is 0 Å². The van der Waals surface area contributed by atoms with Gasteiger partial charge in [-0.2, -0.15) is 0 Å². The zero-order chi connectivity index (χ0) is 11.6. The Bertz CT molecular complexity index is 240. The number of aliphatic hydroxyl groups excluding tert-OH is 1. The number of aliphatic hydroxyl groups is 1. The van der Waals surface area contributed by atoms with Gasteiger partial charge in [0.2, 0.25) is 0 Å². The number of ether oxygens (including phenoxy) is 1. The van der Waals surface area contributed by atoms with Crippen molar-refractivity contribution in [3.63, 3.8) is 0 Å². The minimum Gasteiger partial charge on any atom is -0.444 e. The average Bonchev–Trinajstić information content (AvgIpc) is 2.06. The molecule has 1 heterocycles. The third-order valence-corrected chi connectivity index (χ3v) is 2.58. The van der Waals surface area contributed by atoms with Crippen LogP contribution in [0.5, 0.6) is 0 Å². The monoisotopic (exact) mass is 295 g/mol. The Morgan fingerprint density at radius 2 is 2.00 bits per heavy atom. The Morgan fingerprint density at radius 3 is 2.50 bits per heavy atom. The van der Waals surface area contributed by atoms with E-state index in [9.17, 15) is 9.90 Å². The Morgan fingerprint density at radius 1 is 1.44 bits per heavy atom. The maximum absolute atomic E-state index is 11.8. The number of carbonyl (C=O) groups is 1. The van der Waals surface area contributed by atoms with Gasteiger partial charge in [-0.25, -0.2) is 4.79 Å². The van der Waals surface area contributed by atoms with Gasteiger partial charge in [0.25, 0.3) is 0 Å². The molecule has 5 heteroatoms. The molecule has 0 aliphatic carbocycles. The summed E-state index contributed by atoms with van der Waals surface area (Å²) in [5.74, 6) is 0. The largest absolute Gasteiger partial charge is 0.444 e. The van der Waals surface area contributed by atoms with Crippen molar-refractivity contribution < 1.29 is 14.6 Å². The highest BCUT2D eigenvalue weighted by Crippen LogP contribution is 2.20. The maximum atomic E-state index is 11.8. The molecule has 1 aliphatic rings. The summed E-state index contributed by atoms with van der Waals surface area (Å²) in [7, 11) is 0. The summed E-state index contributed by atoms with van der Waals surface area (Å²) in [5, 5.41) is 9.65. The molecule has 16 heavy (non-hydrogen) atoms. The van der Waals surface area contributed by atoms with Gasteiger partial charge in [-0.3, -0.25) is 0 Å². The van der Waals surface area contributed by atoms with Crippen LogP contribution in [0.1, 0.15) is 40.5 Å². The third kappa shape index (κ3) is 4.29. The zero-order valence-corrected chi connectivity index (χ0v) is 12.1. The first-order chi connectivity index (χ1) is 6.81. The fourth-order valence-electron chi connectivity index (χ4n) is 1.70. The lowest BCUT2D eigenvalue weighted by atomic mass is 10.0. The second kappa shape index (κ2) is 5.87. The van der Waals surface area contributed by atoms with Crippen LogP contribution in [0.2, 0.25) is 0 Å². The Labute approximate surface area is 108 Å². The first-order valence-electron chi connectivity index (χ1n) is 5.49. The molecule has 1 amide bonds. The summed E-state index contributed by atoms with van der Waals surface area (Å²) < 4.78 is 5.27. The van der Waals surface area contributed by atoms with Gasteiger partial charge < -0.3 is 14.7 Å². The highest BCUT2D eigenvalue weighted by atomic mass is 79.9. The van der Waals surface area contributed by atoms with E-state index in [0.717, 1.165) is 12.8 Å². The first-order valence-corrected chi connectivity index (χ1v) is 5.49. The summed E-state index contributed by atoms with van der Waals surface area (Å²) >= 11 is 0. The predicted octanol–water partition coefficient (Wildman–Crippen LogP) is 2.34. The van der Waals surface area contributed by atoms with E-state index in [1.54, 1.807) is 4.90 Å². The SMILES string of the molecule is Br.CC1C(O)CCCN1C(=O)OC(C)(C)C. The van der Waals surface area contributed by atoms with Gasteiger partial charge in [-0.15, -0.1) is 17.0 Å². The molecule has 0 bridgehead atoms. The lowest BCUT2D eigenvalue weighted by molar-refractivity contribution is -0.0181. The first kappa shape index (κ1) is 15.7. The zero-order valence-electron chi connectivity index (χ0n) is 10.4. The molecule has 1 aliphatic heterocycles. The Hall–Kier alpha value is -0.290. The normalized spacial score (nSPS) is 25.9. The van der Waals surface area contributed by atoms with E-state index in [-0.39, 0.29) is 29.1 Å². The van der Waals surface area contributed by atoms with Crippen LogP contribution in [-0.4, -0.2) is 40.4 Å². The molecular weight excluding hydrogens is 274 g/mol. The molecule has 0 saturated carbocycles. The number of hydrogen-bond acceptors (Lipinski definition) is 3. The van der Waals surface area contributed by atoms with Gasteiger partial charge in [0.05, 0.1) is 12.1 Å². The van der Waals surface area contributed by atoms with E-state index < -0.39 is 11.7 Å². The lowest BCUT2D eigenvalue weighted by Gasteiger charge is -2.37. The number of piperidine rings is 1. The molecule has 0 aromatic rings. The van der Waals surface area contributed by atoms with E-state index in [1.165, 1.54) is 0 Å². The number of rotatable bonds is 0. The number of likely N-dealkylation sites (tertiary alicyclic amines) is 1. The van der Waals surface area contributed by atoms with Gasteiger partial charge in [-0.05, 0) is 40.5 Å². The molecule has 1 rings (SSSR count). The summed E-state index contributed by atoms with van der Waals surface area (Å²) in [5.41, 5.74) is -0.473. The summed E-state index contributed by atoms with van der Waals surface area (Å²) in [6.45, 7) is 8.06. The van der Waals surface area contributed by atoms with Crippen LogP contribution in [0, 0.1) is 0 Å². The second-order valence-corrected chi connectivity index (χ2v) is 5.12. The topological polar surface area (TPSA) is 49.8 Å². The van der Waals surface area contributed by atoms with Crippen LogP contribution in [0.25, 0.3) is 0 Å². The van der Waals surface area contributed by atoms with Crippen LogP contribution in [0.3, 0.4) is 0 Å². The van der Waals surface area contributed by atoms with Crippen LogP contribution in [-0.2, 0) is 4.74 Å². The van der Waals surface area contributed by atoms with Gasteiger partial charge in [0, 0.05) is 6.54 Å². The predicted molar refractivity (Wildman–Crippen MR) is 68.0 cm³/mol. The summed E-state index contributed by atoms with van der Waals surface area (Å²) in [4.78, 5) is 13.4. The molecule has 1 N–H and O–H groups in total.